The SMILES string of the molecule is CC(C(=O)NC1COCC1O)C1CC1. The monoisotopic (exact) mass is 199 g/mol. The lowest BCUT2D eigenvalue weighted by atomic mass is 10.0. The average Bonchev–Trinajstić information content (AvgIpc) is 2.92. The fourth-order valence-electron chi connectivity index (χ4n) is 1.81. The fraction of sp³-hybridized carbons (Fsp3) is 0.900. The second-order valence-corrected chi connectivity index (χ2v) is 4.35. The Labute approximate surface area is 83.6 Å². The summed E-state index contributed by atoms with van der Waals surface area (Å²) in [7, 11) is 0. The molecule has 14 heavy (non-hydrogen) atoms. The van der Waals surface area contributed by atoms with Crippen molar-refractivity contribution in [1.82, 2.24) is 5.32 Å². The minimum absolute atomic E-state index is 0.0575. The lowest BCUT2D eigenvalue weighted by Crippen LogP contribution is -2.45. The van der Waals surface area contributed by atoms with Gasteiger partial charge in [-0.15, -0.1) is 0 Å². The van der Waals surface area contributed by atoms with Gasteiger partial charge in [0.25, 0.3) is 0 Å². The van der Waals surface area contributed by atoms with Crippen LogP contribution in [-0.4, -0.2) is 36.4 Å². The van der Waals surface area contributed by atoms with Gasteiger partial charge in [-0.1, -0.05) is 6.92 Å². The van der Waals surface area contributed by atoms with Crippen LogP contribution in [0, 0.1) is 11.8 Å². The molecule has 2 rings (SSSR count). The maximum Gasteiger partial charge on any atom is 0.223 e. The first-order chi connectivity index (χ1) is 6.68. The zero-order valence-electron chi connectivity index (χ0n) is 8.40. The molecule has 1 aliphatic carbocycles. The summed E-state index contributed by atoms with van der Waals surface area (Å²) in [5.74, 6) is 0.708. The topological polar surface area (TPSA) is 58.6 Å². The lowest BCUT2D eigenvalue weighted by Gasteiger charge is -2.17. The van der Waals surface area contributed by atoms with Gasteiger partial charge in [-0.25, -0.2) is 0 Å². The zero-order valence-corrected chi connectivity index (χ0v) is 8.40. The molecule has 2 N–H and O–H groups in total. The Hall–Kier alpha value is -0.610. The first-order valence-electron chi connectivity index (χ1n) is 5.24. The van der Waals surface area contributed by atoms with Gasteiger partial charge >= 0.3 is 0 Å². The molecule has 0 aromatic rings. The highest BCUT2D eigenvalue weighted by atomic mass is 16.5. The Bertz CT molecular complexity index is 227. The van der Waals surface area contributed by atoms with E-state index in [4.69, 9.17) is 4.74 Å². The summed E-state index contributed by atoms with van der Waals surface area (Å²) in [6.07, 6.45) is 1.79. The van der Waals surface area contributed by atoms with Crippen molar-refractivity contribution < 1.29 is 14.6 Å². The number of carbonyl (C=O) groups excluding carboxylic acids is 1. The van der Waals surface area contributed by atoms with Gasteiger partial charge in [-0.3, -0.25) is 4.79 Å². The smallest absolute Gasteiger partial charge is 0.223 e. The minimum Gasteiger partial charge on any atom is -0.388 e. The maximum atomic E-state index is 11.6. The Morgan fingerprint density at radius 2 is 2.21 bits per heavy atom. The van der Waals surface area contributed by atoms with Gasteiger partial charge in [-0.05, 0) is 18.8 Å². The molecule has 2 aliphatic rings. The highest BCUT2D eigenvalue weighted by molar-refractivity contribution is 5.79. The van der Waals surface area contributed by atoms with Crippen LogP contribution in [0.3, 0.4) is 0 Å². The summed E-state index contributed by atoms with van der Waals surface area (Å²) in [6, 6.07) is -0.205. The molecule has 0 aromatic heterocycles. The number of hydrogen-bond donors (Lipinski definition) is 2. The number of amides is 1. The number of aliphatic hydroxyl groups excluding tert-OH is 1. The molecule has 3 unspecified atom stereocenters. The van der Waals surface area contributed by atoms with Crippen molar-refractivity contribution in [3.05, 3.63) is 0 Å². The van der Waals surface area contributed by atoms with Crippen LogP contribution in [0.2, 0.25) is 0 Å². The van der Waals surface area contributed by atoms with Crippen LogP contribution in [0.1, 0.15) is 19.8 Å². The van der Waals surface area contributed by atoms with E-state index in [1.807, 2.05) is 6.92 Å². The van der Waals surface area contributed by atoms with Crippen LogP contribution in [0.25, 0.3) is 0 Å². The normalized spacial score (nSPS) is 34.1. The van der Waals surface area contributed by atoms with Gasteiger partial charge in [0.1, 0.15) is 0 Å². The molecule has 1 saturated heterocycles. The van der Waals surface area contributed by atoms with Crippen molar-refractivity contribution in [1.29, 1.82) is 0 Å². The molecule has 1 amide bonds. The van der Waals surface area contributed by atoms with E-state index in [-0.39, 0.29) is 17.9 Å². The third-order valence-electron chi connectivity index (χ3n) is 3.12. The third-order valence-corrected chi connectivity index (χ3v) is 3.12. The molecule has 2 fully saturated rings. The van der Waals surface area contributed by atoms with Gasteiger partial charge in [0.2, 0.25) is 5.91 Å². The largest absolute Gasteiger partial charge is 0.388 e. The fourth-order valence-corrected chi connectivity index (χ4v) is 1.81. The van der Waals surface area contributed by atoms with Crippen molar-refractivity contribution in [2.75, 3.05) is 13.2 Å². The van der Waals surface area contributed by atoms with Gasteiger partial charge in [0, 0.05) is 5.92 Å². The number of aliphatic hydroxyl groups is 1. The zero-order chi connectivity index (χ0) is 10.1. The molecule has 1 heterocycles. The van der Waals surface area contributed by atoms with Crippen LogP contribution < -0.4 is 5.32 Å². The maximum absolute atomic E-state index is 11.6. The predicted octanol–water partition coefficient (Wildman–Crippen LogP) is -0.0916. The lowest BCUT2D eigenvalue weighted by molar-refractivity contribution is -0.126. The van der Waals surface area contributed by atoms with Gasteiger partial charge in [0.15, 0.2) is 0 Å². The third kappa shape index (κ3) is 2.07. The second-order valence-electron chi connectivity index (χ2n) is 4.35. The number of rotatable bonds is 3. The van der Waals surface area contributed by atoms with Crippen LogP contribution in [0.4, 0.5) is 0 Å². The molecule has 0 aromatic carbocycles. The van der Waals surface area contributed by atoms with Crippen molar-refractivity contribution in [2.45, 2.75) is 31.9 Å². The van der Waals surface area contributed by atoms with E-state index < -0.39 is 6.10 Å². The number of ether oxygens (including phenoxy) is 1. The van der Waals surface area contributed by atoms with Crippen molar-refractivity contribution in [2.24, 2.45) is 11.8 Å². The molecular formula is C10H17NO3. The second kappa shape index (κ2) is 3.87. The van der Waals surface area contributed by atoms with Gasteiger partial charge in [-0.2, -0.15) is 0 Å². The van der Waals surface area contributed by atoms with Gasteiger partial charge in [0.05, 0.1) is 25.4 Å². The first-order valence-corrected chi connectivity index (χ1v) is 5.24. The summed E-state index contributed by atoms with van der Waals surface area (Å²) in [5.41, 5.74) is 0. The van der Waals surface area contributed by atoms with Crippen molar-refractivity contribution >= 4 is 5.91 Å². The van der Waals surface area contributed by atoms with E-state index in [1.165, 1.54) is 0 Å². The van der Waals surface area contributed by atoms with E-state index in [0.717, 1.165) is 12.8 Å². The Balaban J connectivity index is 1.80. The summed E-state index contributed by atoms with van der Waals surface area (Å²) >= 11 is 0. The average molecular weight is 199 g/mol. The molecule has 1 aliphatic heterocycles. The highest BCUT2D eigenvalue weighted by Crippen LogP contribution is 2.36. The molecule has 0 spiro atoms. The van der Waals surface area contributed by atoms with Crippen LogP contribution in [0.15, 0.2) is 0 Å². The summed E-state index contributed by atoms with van der Waals surface area (Å²) < 4.78 is 5.06. The standard InChI is InChI=1S/C10H17NO3/c1-6(7-2-3-7)10(13)11-8-4-14-5-9(8)12/h6-9,12H,2-5H2,1H3,(H,11,13). The Morgan fingerprint density at radius 3 is 2.71 bits per heavy atom. The number of carbonyl (C=O) groups is 1. The quantitative estimate of drug-likeness (QED) is 0.667. The number of hydrogen-bond acceptors (Lipinski definition) is 3. The molecule has 4 nitrogen and oxygen atoms in total. The molecule has 4 heteroatoms. The summed E-state index contributed by atoms with van der Waals surface area (Å²) in [5, 5.41) is 12.3. The molecule has 80 valence electrons. The molecular weight excluding hydrogens is 182 g/mol. The van der Waals surface area contributed by atoms with Crippen molar-refractivity contribution in [3.8, 4) is 0 Å². The van der Waals surface area contributed by atoms with Crippen LogP contribution in [-0.2, 0) is 9.53 Å². The van der Waals surface area contributed by atoms with Crippen LogP contribution >= 0.6 is 0 Å². The Morgan fingerprint density at radius 1 is 1.50 bits per heavy atom. The van der Waals surface area contributed by atoms with E-state index in [0.29, 0.717) is 19.1 Å². The highest BCUT2D eigenvalue weighted by Gasteiger charge is 2.35. The first kappa shape index (κ1) is 9.93. The van der Waals surface area contributed by atoms with E-state index in [2.05, 4.69) is 5.32 Å². The van der Waals surface area contributed by atoms with Gasteiger partial charge < -0.3 is 15.2 Å². The minimum atomic E-state index is -0.537. The summed E-state index contributed by atoms with van der Waals surface area (Å²) in [4.78, 5) is 11.6. The molecule has 3 atom stereocenters. The molecule has 0 bridgehead atoms. The Kier molecular flexibility index (Phi) is 2.74. The molecule has 1 saturated carbocycles. The van der Waals surface area contributed by atoms with E-state index in [1.54, 1.807) is 0 Å². The predicted molar refractivity (Wildman–Crippen MR) is 50.6 cm³/mol. The number of nitrogens with one attached hydrogen (secondary N) is 1. The van der Waals surface area contributed by atoms with Crippen molar-refractivity contribution in [3.63, 3.8) is 0 Å². The molecule has 0 radical (unpaired) electrons. The van der Waals surface area contributed by atoms with E-state index >= 15 is 0 Å². The van der Waals surface area contributed by atoms with Crippen LogP contribution in [0.5, 0.6) is 0 Å². The summed E-state index contributed by atoms with van der Waals surface area (Å²) in [6.45, 7) is 2.72. The van der Waals surface area contributed by atoms with E-state index in [9.17, 15) is 9.90 Å².